The van der Waals surface area contributed by atoms with Crippen LogP contribution in [-0.2, 0) is 4.74 Å². The number of methoxy groups -OCH3 is 1. The van der Waals surface area contributed by atoms with Gasteiger partial charge in [0.15, 0.2) is 0 Å². The first-order valence-corrected chi connectivity index (χ1v) is 8.50. The predicted octanol–water partition coefficient (Wildman–Crippen LogP) is 0.508. The van der Waals surface area contributed by atoms with Gasteiger partial charge in [-0.05, 0) is 18.2 Å². The van der Waals surface area contributed by atoms with Crippen LogP contribution in [0.2, 0.25) is 0 Å². The maximum atomic E-state index is 12.4. The average molecular weight is 358 g/mol. The zero-order valence-electron chi connectivity index (χ0n) is 14.7. The Kier molecular flexibility index (Phi) is 5.98. The maximum absolute atomic E-state index is 12.4. The van der Waals surface area contributed by atoms with Crippen molar-refractivity contribution in [1.29, 1.82) is 0 Å². The molecule has 1 aliphatic heterocycles. The number of rotatable bonds is 6. The predicted molar refractivity (Wildman–Crippen MR) is 96.4 cm³/mol. The van der Waals surface area contributed by atoms with Crippen molar-refractivity contribution in [2.75, 3.05) is 46.5 Å². The molecule has 1 aromatic carbocycles. The highest BCUT2D eigenvalue weighted by Gasteiger charge is 2.13. The van der Waals surface area contributed by atoms with E-state index in [1.54, 1.807) is 31.4 Å². The van der Waals surface area contributed by atoms with E-state index in [9.17, 15) is 9.59 Å². The molecular formula is C18H22N4O4. The lowest BCUT2D eigenvalue weighted by Crippen LogP contribution is -2.41. The molecule has 2 N–H and O–H groups in total. The Balaban J connectivity index is 1.68. The first-order valence-electron chi connectivity index (χ1n) is 8.50. The van der Waals surface area contributed by atoms with Gasteiger partial charge in [-0.3, -0.25) is 9.69 Å². The summed E-state index contributed by atoms with van der Waals surface area (Å²) < 4.78 is 10.5. The van der Waals surface area contributed by atoms with Gasteiger partial charge in [0.2, 0.25) is 0 Å². The molecular weight excluding hydrogens is 336 g/mol. The maximum Gasteiger partial charge on any atom is 0.346 e. The molecule has 0 atom stereocenters. The van der Waals surface area contributed by atoms with Crippen LogP contribution in [-0.4, -0.2) is 67.3 Å². The van der Waals surface area contributed by atoms with E-state index in [0.29, 0.717) is 23.6 Å². The number of carbonyl (C=O) groups excluding carboxylic acids is 1. The molecule has 2 aromatic rings. The number of morpholine rings is 1. The molecule has 0 spiro atoms. The Hall–Kier alpha value is -2.71. The van der Waals surface area contributed by atoms with E-state index in [1.807, 2.05) is 6.07 Å². The average Bonchev–Trinajstić information content (AvgIpc) is 2.68. The topological polar surface area (TPSA) is 96.5 Å². The van der Waals surface area contributed by atoms with E-state index in [-0.39, 0.29) is 11.6 Å². The SMILES string of the molecule is COc1cccc(-c2cc(C(=O)NCCN3CCOCC3)[nH]c(=O)n2)c1. The van der Waals surface area contributed by atoms with Crippen molar-refractivity contribution in [1.82, 2.24) is 20.2 Å². The molecule has 3 rings (SSSR count). The fourth-order valence-corrected chi connectivity index (χ4v) is 2.76. The van der Waals surface area contributed by atoms with Gasteiger partial charge in [-0.25, -0.2) is 4.79 Å². The second-order valence-electron chi connectivity index (χ2n) is 5.93. The van der Waals surface area contributed by atoms with Gasteiger partial charge >= 0.3 is 5.69 Å². The molecule has 0 radical (unpaired) electrons. The summed E-state index contributed by atoms with van der Waals surface area (Å²) in [7, 11) is 1.57. The van der Waals surface area contributed by atoms with Crippen LogP contribution in [0.3, 0.4) is 0 Å². The number of ether oxygens (including phenoxy) is 2. The molecule has 1 aromatic heterocycles. The minimum atomic E-state index is -0.566. The van der Waals surface area contributed by atoms with Crippen LogP contribution >= 0.6 is 0 Å². The van der Waals surface area contributed by atoms with Gasteiger partial charge in [0, 0.05) is 31.7 Å². The summed E-state index contributed by atoms with van der Waals surface area (Å²) >= 11 is 0. The molecule has 0 unspecified atom stereocenters. The summed E-state index contributed by atoms with van der Waals surface area (Å²) in [5, 5.41) is 2.83. The van der Waals surface area contributed by atoms with E-state index in [2.05, 4.69) is 20.2 Å². The van der Waals surface area contributed by atoms with Crippen molar-refractivity contribution in [3.63, 3.8) is 0 Å². The molecule has 1 aliphatic rings. The fraction of sp³-hybridized carbons (Fsp3) is 0.389. The fourth-order valence-electron chi connectivity index (χ4n) is 2.76. The number of benzene rings is 1. The highest BCUT2D eigenvalue weighted by Crippen LogP contribution is 2.21. The van der Waals surface area contributed by atoms with E-state index >= 15 is 0 Å². The molecule has 0 aliphatic carbocycles. The number of amides is 1. The number of carbonyl (C=O) groups is 1. The quantitative estimate of drug-likeness (QED) is 0.781. The summed E-state index contributed by atoms with van der Waals surface area (Å²) in [6.45, 7) is 4.40. The van der Waals surface area contributed by atoms with Gasteiger partial charge < -0.3 is 19.8 Å². The van der Waals surface area contributed by atoms with Crippen LogP contribution in [0.4, 0.5) is 0 Å². The highest BCUT2D eigenvalue weighted by atomic mass is 16.5. The second-order valence-corrected chi connectivity index (χ2v) is 5.93. The van der Waals surface area contributed by atoms with Gasteiger partial charge in [0.05, 0.1) is 26.0 Å². The zero-order chi connectivity index (χ0) is 18.4. The monoisotopic (exact) mass is 358 g/mol. The van der Waals surface area contributed by atoms with Crippen molar-refractivity contribution < 1.29 is 14.3 Å². The standard InChI is InChI=1S/C18H22N4O4/c1-25-14-4-2-3-13(11-14)15-12-16(21-18(24)20-15)17(23)19-5-6-22-7-9-26-10-8-22/h2-4,11-12H,5-10H2,1H3,(H,19,23)(H,20,21,24). The third kappa shape index (κ3) is 4.68. The van der Waals surface area contributed by atoms with Crippen molar-refractivity contribution >= 4 is 5.91 Å². The van der Waals surface area contributed by atoms with Crippen molar-refractivity contribution in [3.8, 4) is 17.0 Å². The number of nitrogens with one attached hydrogen (secondary N) is 2. The molecule has 1 amide bonds. The first-order chi connectivity index (χ1) is 12.7. The molecule has 8 nitrogen and oxygen atoms in total. The summed E-state index contributed by atoms with van der Waals surface area (Å²) in [5.74, 6) is 0.322. The lowest BCUT2D eigenvalue weighted by Gasteiger charge is -2.26. The van der Waals surface area contributed by atoms with E-state index in [0.717, 1.165) is 32.8 Å². The van der Waals surface area contributed by atoms with Crippen LogP contribution in [0, 0.1) is 0 Å². The lowest BCUT2D eigenvalue weighted by molar-refractivity contribution is 0.0383. The van der Waals surface area contributed by atoms with E-state index in [4.69, 9.17) is 9.47 Å². The number of hydrogen-bond acceptors (Lipinski definition) is 6. The molecule has 2 heterocycles. The van der Waals surface area contributed by atoms with Gasteiger partial charge in [-0.2, -0.15) is 4.98 Å². The van der Waals surface area contributed by atoms with Gasteiger partial charge in [0.25, 0.3) is 5.91 Å². The number of hydrogen-bond donors (Lipinski definition) is 2. The summed E-state index contributed by atoms with van der Waals surface area (Å²) in [4.78, 5) is 32.9. The molecule has 1 fully saturated rings. The van der Waals surface area contributed by atoms with Crippen LogP contribution in [0.1, 0.15) is 10.5 Å². The first kappa shape index (κ1) is 18.1. The Bertz CT molecular complexity index is 815. The van der Waals surface area contributed by atoms with E-state index < -0.39 is 5.69 Å². The molecule has 26 heavy (non-hydrogen) atoms. The van der Waals surface area contributed by atoms with Crippen LogP contribution in [0.15, 0.2) is 35.1 Å². The molecule has 138 valence electrons. The Labute approximate surface area is 151 Å². The Morgan fingerprint density at radius 1 is 1.35 bits per heavy atom. The third-order valence-corrected chi connectivity index (χ3v) is 4.17. The number of aromatic amines is 1. The van der Waals surface area contributed by atoms with Crippen molar-refractivity contribution in [2.24, 2.45) is 0 Å². The lowest BCUT2D eigenvalue weighted by atomic mass is 10.1. The number of aromatic nitrogens is 2. The van der Waals surface area contributed by atoms with Crippen LogP contribution in [0.25, 0.3) is 11.3 Å². The Morgan fingerprint density at radius 3 is 2.92 bits per heavy atom. The van der Waals surface area contributed by atoms with Gasteiger partial charge in [-0.15, -0.1) is 0 Å². The zero-order valence-corrected chi connectivity index (χ0v) is 14.7. The van der Waals surface area contributed by atoms with Crippen LogP contribution < -0.4 is 15.7 Å². The van der Waals surface area contributed by atoms with Gasteiger partial charge in [0.1, 0.15) is 11.4 Å². The summed E-state index contributed by atoms with van der Waals surface area (Å²) in [6.07, 6.45) is 0. The molecule has 0 bridgehead atoms. The van der Waals surface area contributed by atoms with Crippen molar-refractivity contribution in [2.45, 2.75) is 0 Å². The molecule has 0 saturated carbocycles. The van der Waals surface area contributed by atoms with Gasteiger partial charge in [-0.1, -0.05) is 12.1 Å². The third-order valence-electron chi connectivity index (χ3n) is 4.17. The summed E-state index contributed by atoms with van der Waals surface area (Å²) in [5.41, 5.74) is 0.747. The van der Waals surface area contributed by atoms with Crippen molar-refractivity contribution in [3.05, 3.63) is 46.5 Å². The smallest absolute Gasteiger partial charge is 0.346 e. The van der Waals surface area contributed by atoms with E-state index in [1.165, 1.54) is 0 Å². The minimum absolute atomic E-state index is 0.185. The van der Waals surface area contributed by atoms with Crippen LogP contribution in [0.5, 0.6) is 5.75 Å². The second kappa shape index (κ2) is 8.59. The molecule has 1 saturated heterocycles. The summed E-state index contributed by atoms with van der Waals surface area (Å²) in [6, 6.07) is 8.75. The normalized spacial score (nSPS) is 14.8. The largest absolute Gasteiger partial charge is 0.497 e. The minimum Gasteiger partial charge on any atom is -0.497 e. The molecule has 8 heteroatoms. The number of H-pyrrole nitrogens is 1. The number of nitrogens with zero attached hydrogens (tertiary/aromatic N) is 2. The highest BCUT2D eigenvalue weighted by molar-refractivity contribution is 5.93. The Morgan fingerprint density at radius 2 is 2.15 bits per heavy atom.